The van der Waals surface area contributed by atoms with Gasteiger partial charge >= 0.3 is 0 Å². The van der Waals surface area contributed by atoms with E-state index in [0.717, 1.165) is 17.6 Å². The molecule has 0 aliphatic carbocycles. The molecule has 0 saturated carbocycles. The van der Waals surface area contributed by atoms with Crippen molar-refractivity contribution in [1.82, 2.24) is 10.5 Å². The van der Waals surface area contributed by atoms with Crippen LogP contribution in [-0.4, -0.2) is 24.2 Å². The molecular weight excluding hydrogens is 304 g/mol. The molecule has 5 nitrogen and oxygen atoms in total. The van der Waals surface area contributed by atoms with Gasteiger partial charge in [0.2, 0.25) is 5.91 Å². The predicted molar refractivity (Wildman–Crippen MR) is 92.0 cm³/mol. The lowest BCUT2D eigenvalue weighted by atomic mass is 10.1. The van der Waals surface area contributed by atoms with Gasteiger partial charge in [0.1, 0.15) is 11.4 Å². The molecule has 1 aromatic heterocycles. The molecule has 0 unspecified atom stereocenters. The highest BCUT2D eigenvalue weighted by molar-refractivity contribution is 5.86. The van der Waals surface area contributed by atoms with Crippen molar-refractivity contribution in [3.63, 3.8) is 0 Å². The van der Waals surface area contributed by atoms with Gasteiger partial charge < -0.3 is 14.6 Å². The van der Waals surface area contributed by atoms with Crippen LogP contribution in [0.15, 0.2) is 53.1 Å². The van der Waals surface area contributed by atoms with Crippen LogP contribution in [0.2, 0.25) is 0 Å². The minimum Gasteiger partial charge on any atom is -0.494 e. The van der Waals surface area contributed by atoms with Crippen LogP contribution in [0.3, 0.4) is 0 Å². The summed E-state index contributed by atoms with van der Waals surface area (Å²) in [5.41, 5.74) is 2.53. The van der Waals surface area contributed by atoms with E-state index in [-0.39, 0.29) is 12.3 Å². The Labute approximate surface area is 140 Å². The number of fused-ring (bicyclic) bond motifs is 1. The van der Waals surface area contributed by atoms with Crippen molar-refractivity contribution in [2.75, 3.05) is 13.2 Å². The second-order valence-electron chi connectivity index (χ2n) is 5.67. The summed E-state index contributed by atoms with van der Waals surface area (Å²) in [4.78, 5) is 12.0. The topological polar surface area (TPSA) is 64.4 Å². The van der Waals surface area contributed by atoms with Gasteiger partial charge in [0.05, 0.1) is 13.0 Å². The second-order valence-corrected chi connectivity index (χ2v) is 5.67. The lowest BCUT2D eigenvalue weighted by Gasteiger charge is -2.07. The number of amides is 1. The van der Waals surface area contributed by atoms with Crippen LogP contribution >= 0.6 is 0 Å². The number of rotatable bonds is 7. The molecule has 24 heavy (non-hydrogen) atoms. The molecule has 0 fully saturated rings. The number of aromatic nitrogens is 1. The van der Waals surface area contributed by atoms with Crippen LogP contribution < -0.4 is 10.1 Å². The third-order valence-electron chi connectivity index (χ3n) is 3.68. The number of hydrogen-bond donors (Lipinski definition) is 1. The van der Waals surface area contributed by atoms with E-state index in [1.54, 1.807) is 0 Å². The average molecular weight is 324 g/mol. The zero-order chi connectivity index (χ0) is 16.8. The smallest absolute Gasteiger partial charge is 0.226 e. The zero-order valence-electron chi connectivity index (χ0n) is 13.6. The molecule has 1 N–H and O–H groups in total. The van der Waals surface area contributed by atoms with E-state index in [4.69, 9.17) is 9.26 Å². The van der Waals surface area contributed by atoms with Gasteiger partial charge in [-0.25, -0.2) is 0 Å². The van der Waals surface area contributed by atoms with Crippen molar-refractivity contribution < 1.29 is 14.1 Å². The average Bonchev–Trinajstić information content (AvgIpc) is 2.98. The Bertz CT molecular complexity index is 826. The molecule has 5 heteroatoms. The fraction of sp³-hybridized carbons (Fsp3) is 0.263. The number of benzene rings is 2. The highest BCUT2D eigenvalue weighted by Crippen LogP contribution is 2.18. The van der Waals surface area contributed by atoms with Crippen molar-refractivity contribution in [2.45, 2.75) is 19.8 Å². The predicted octanol–water partition coefficient (Wildman–Crippen LogP) is 3.26. The van der Waals surface area contributed by atoms with E-state index in [9.17, 15) is 4.79 Å². The van der Waals surface area contributed by atoms with Crippen LogP contribution in [0.4, 0.5) is 0 Å². The SMILES string of the molecule is Cc1cccc(OCCCNC(=O)Cc2noc3ccccc23)c1. The Morgan fingerprint density at radius 3 is 2.96 bits per heavy atom. The van der Waals surface area contributed by atoms with Gasteiger partial charge in [0.15, 0.2) is 5.58 Å². The molecule has 3 aromatic rings. The highest BCUT2D eigenvalue weighted by Gasteiger charge is 2.11. The standard InChI is InChI=1S/C19H20N2O3/c1-14-6-4-7-15(12-14)23-11-5-10-20-19(22)13-17-16-8-2-3-9-18(16)24-21-17/h2-4,6-9,12H,5,10-11,13H2,1H3,(H,20,22). The maximum atomic E-state index is 12.0. The molecule has 3 rings (SSSR count). The first-order chi connectivity index (χ1) is 11.7. The fourth-order valence-electron chi connectivity index (χ4n) is 2.48. The van der Waals surface area contributed by atoms with Crippen LogP contribution in [0.1, 0.15) is 17.7 Å². The van der Waals surface area contributed by atoms with Gasteiger partial charge in [-0.2, -0.15) is 0 Å². The molecule has 0 aliphatic rings. The lowest BCUT2D eigenvalue weighted by molar-refractivity contribution is -0.120. The minimum atomic E-state index is -0.0652. The van der Waals surface area contributed by atoms with Crippen molar-refractivity contribution in [2.24, 2.45) is 0 Å². The summed E-state index contributed by atoms with van der Waals surface area (Å²) in [5, 5.41) is 7.73. The number of ether oxygens (including phenoxy) is 1. The van der Waals surface area contributed by atoms with Gasteiger partial charge in [-0.15, -0.1) is 0 Å². The van der Waals surface area contributed by atoms with E-state index >= 15 is 0 Å². The first-order valence-corrected chi connectivity index (χ1v) is 8.02. The summed E-state index contributed by atoms with van der Waals surface area (Å²) < 4.78 is 10.9. The summed E-state index contributed by atoms with van der Waals surface area (Å²) >= 11 is 0. The van der Waals surface area contributed by atoms with Gasteiger partial charge in [0, 0.05) is 11.9 Å². The summed E-state index contributed by atoms with van der Waals surface area (Å²) in [6, 6.07) is 15.5. The van der Waals surface area contributed by atoms with Gasteiger partial charge in [-0.1, -0.05) is 29.4 Å². The molecule has 1 amide bonds. The van der Waals surface area contributed by atoms with Gasteiger partial charge in [-0.05, 0) is 43.2 Å². The monoisotopic (exact) mass is 324 g/mol. The molecule has 0 atom stereocenters. The number of aryl methyl sites for hydroxylation is 1. The van der Waals surface area contributed by atoms with Crippen molar-refractivity contribution in [3.05, 3.63) is 59.8 Å². The van der Waals surface area contributed by atoms with Gasteiger partial charge in [0.25, 0.3) is 0 Å². The zero-order valence-corrected chi connectivity index (χ0v) is 13.6. The molecule has 0 spiro atoms. The molecule has 2 aromatic carbocycles. The Hall–Kier alpha value is -2.82. The van der Waals surface area contributed by atoms with E-state index in [1.165, 1.54) is 5.56 Å². The number of nitrogens with one attached hydrogen (secondary N) is 1. The fourth-order valence-corrected chi connectivity index (χ4v) is 2.48. The maximum Gasteiger partial charge on any atom is 0.226 e. The third kappa shape index (κ3) is 4.13. The van der Waals surface area contributed by atoms with E-state index in [1.807, 2.05) is 55.5 Å². The number of carbonyl (C=O) groups is 1. The normalized spacial score (nSPS) is 10.7. The van der Waals surface area contributed by atoms with Crippen molar-refractivity contribution in [1.29, 1.82) is 0 Å². The Morgan fingerprint density at radius 2 is 2.08 bits per heavy atom. The first kappa shape index (κ1) is 16.1. The quantitative estimate of drug-likeness (QED) is 0.678. The summed E-state index contributed by atoms with van der Waals surface area (Å²) in [6.07, 6.45) is 0.967. The molecular formula is C19H20N2O3. The number of carbonyl (C=O) groups excluding carboxylic acids is 1. The number of para-hydroxylation sites is 1. The second kappa shape index (κ2) is 7.64. The molecule has 1 heterocycles. The third-order valence-corrected chi connectivity index (χ3v) is 3.68. The Kier molecular flexibility index (Phi) is 5.11. The summed E-state index contributed by atoms with van der Waals surface area (Å²) in [6.45, 7) is 3.16. The van der Waals surface area contributed by atoms with Crippen LogP contribution in [0.25, 0.3) is 11.0 Å². The summed E-state index contributed by atoms with van der Waals surface area (Å²) in [7, 11) is 0. The highest BCUT2D eigenvalue weighted by atomic mass is 16.5. The molecule has 0 saturated heterocycles. The maximum absolute atomic E-state index is 12.0. The van der Waals surface area contributed by atoms with Crippen molar-refractivity contribution >= 4 is 16.9 Å². The summed E-state index contributed by atoms with van der Waals surface area (Å²) in [5.74, 6) is 0.792. The Morgan fingerprint density at radius 1 is 1.21 bits per heavy atom. The van der Waals surface area contributed by atoms with Gasteiger partial charge in [-0.3, -0.25) is 4.79 Å². The lowest BCUT2D eigenvalue weighted by Crippen LogP contribution is -2.27. The Balaban J connectivity index is 1.40. The van der Waals surface area contributed by atoms with E-state index in [0.29, 0.717) is 24.4 Å². The molecule has 124 valence electrons. The van der Waals surface area contributed by atoms with Crippen molar-refractivity contribution in [3.8, 4) is 5.75 Å². The molecule has 0 aliphatic heterocycles. The van der Waals surface area contributed by atoms with Crippen LogP contribution in [0.5, 0.6) is 5.75 Å². The van der Waals surface area contributed by atoms with E-state index in [2.05, 4.69) is 10.5 Å². The van der Waals surface area contributed by atoms with Crippen LogP contribution in [-0.2, 0) is 11.2 Å². The largest absolute Gasteiger partial charge is 0.494 e. The number of nitrogens with zero attached hydrogens (tertiary/aromatic N) is 1. The number of hydrogen-bond acceptors (Lipinski definition) is 4. The van der Waals surface area contributed by atoms with E-state index < -0.39 is 0 Å². The first-order valence-electron chi connectivity index (χ1n) is 8.02. The minimum absolute atomic E-state index is 0.0652. The van der Waals surface area contributed by atoms with Crippen LogP contribution in [0, 0.1) is 6.92 Å². The molecule has 0 bridgehead atoms. The molecule has 0 radical (unpaired) electrons.